The Labute approximate surface area is 399 Å². The van der Waals surface area contributed by atoms with Crippen LogP contribution in [-0.2, 0) is 15.3 Å². The molecule has 15 heteroatoms. The van der Waals surface area contributed by atoms with E-state index in [0.29, 0.717) is 47.4 Å². The fourth-order valence-corrected chi connectivity index (χ4v) is 11.8. The van der Waals surface area contributed by atoms with E-state index in [0.717, 1.165) is 108 Å². The molecule has 8 rings (SSSR count). The van der Waals surface area contributed by atoms with Gasteiger partial charge in [-0.15, -0.1) is 17.9 Å². The van der Waals surface area contributed by atoms with E-state index < -0.39 is 11.9 Å². The van der Waals surface area contributed by atoms with Crippen molar-refractivity contribution in [2.45, 2.75) is 81.7 Å². The van der Waals surface area contributed by atoms with Gasteiger partial charge < -0.3 is 29.6 Å². The smallest absolute Gasteiger partial charge is 0.298 e. The number of nitrogens with one attached hydrogen (secondary N) is 2. The Morgan fingerprint density at radius 3 is 2.60 bits per heavy atom. The van der Waals surface area contributed by atoms with Crippen molar-refractivity contribution >= 4 is 87.3 Å². The highest BCUT2D eigenvalue weighted by Crippen LogP contribution is 2.43. The fraction of sp³-hybridized carbons (Fsp3) is 0.365. The molecule has 2 saturated heterocycles. The first-order chi connectivity index (χ1) is 32.5. The van der Waals surface area contributed by atoms with Crippen LogP contribution >= 0.6 is 23.3 Å². The number of hydrogen-bond donors (Lipinski definition) is 2. The average Bonchev–Trinajstić information content (AvgIpc) is 3.92. The lowest BCUT2D eigenvalue weighted by Crippen LogP contribution is -2.49. The van der Waals surface area contributed by atoms with Gasteiger partial charge in [0.05, 0.1) is 4.88 Å². The fourth-order valence-electron chi connectivity index (χ4n) is 9.67. The quantitative estimate of drug-likeness (QED) is 0.0454. The molecule has 2 aliphatic heterocycles. The molecule has 2 fully saturated rings. The van der Waals surface area contributed by atoms with Crippen molar-refractivity contribution in [1.29, 1.82) is 0 Å². The van der Waals surface area contributed by atoms with Gasteiger partial charge in [-0.3, -0.25) is 19.2 Å². The molecule has 0 aliphatic carbocycles. The normalized spacial score (nSPS) is 17.0. The number of carbonyl (C=O) groups excluding carboxylic acids is 4. The van der Waals surface area contributed by atoms with Gasteiger partial charge in [0.15, 0.2) is 36.0 Å². The van der Waals surface area contributed by atoms with Crippen LogP contribution in [0.3, 0.4) is 0 Å². The monoisotopic (exact) mass is 944 g/mol. The molecule has 0 bridgehead atoms. The van der Waals surface area contributed by atoms with Crippen LogP contribution in [0, 0.1) is 5.82 Å². The summed E-state index contributed by atoms with van der Waals surface area (Å²) >= 11 is 2.83. The summed E-state index contributed by atoms with van der Waals surface area (Å²) in [5, 5.41) is 8.38. The van der Waals surface area contributed by atoms with Crippen LogP contribution in [-0.4, -0.2) is 92.0 Å². The Morgan fingerprint density at radius 1 is 1.06 bits per heavy atom. The molecule has 2 aromatic heterocycles. The lowest BCUT2D eigenvalue weighted by atomic mass is 9.85. The van der Waals surface area contributed by atoms with Crippen molar-refractivity contribution in [2.75, 3.05) is 55.5 Å². The number of hydrogen-bond acceptors (Lipinski definition) is 13. The zero-order valence-corrected chi connectivity index (χ0v) is 40.0. The maximum Gasteiger partial charge on any atom is 0.298 e. The van der Waals surface area contributed by atoms with Gasteiger partial charge >= 0.3 is 0 Å². The molecule has 12 nitrogen and oxygen atoms in total. The van der Waals surface area contributed by atoms with E-state index in [1.54, 1.807) is 13.1 Å². The van der Waals surface area contributed by atoms with Crippen molar-refractivity contribution in [3.05, 3.63) is 113 Å². The van der Waals surface area contributed by atoms with Gasteiger partial charge in [-0.05, 0) is 111 Å². The molecule has 6 aromatic rings. The van der Waals surface area contributed by atoms with E-state index in [1.165, 1.54) is 5.56 Å². The third-order valence-electron chi connectivity index (χ3n) is 13.1. The third kappa shape index (κ3) is 10.1. The van der Waals surface area contributed by atoms with Crippen molar-refractivity contribution in [3.8, 4) is 16.2 Å². The second-order valence-electron chi connectivity index (χ2n) is 17.9. The van der Waals surface area contributed by atoms with E-state index in [-0.39, 0.29) is 40.6 Å². The van der Waals surface area contributed by atoms with Crippen molar-refractivity contribution < 1.29 is 32.7 Å². The minimum Gasteiger partial charge on any atom is -0.481 e. The summed E-state index contributed by atoms with van der Waals surface area (Å²) in [6.07, 6.45) is 8.71. The Kier molecular flexibility index (Phi) is 14.8. The molecule has 0 radical (unpaired) electrons. The molecule has 0 saturated carbocycles. The van der Waals surface area contributed by atoms with Gasteiger partial charge in [0, 0.05) is 73.4 Å². The van der Waals surface area contributed by atoms with Crippen molar-refractivity contribution in [1.82, 2.24) is 14.6 Å². The number of aldehydes is 3. The van der Waals surface area contributed by atoms with Crippen molar-refractivity contribution in [3.63, 3.8) is 0 Å². The average molecular weight is 945 g/mol. The minimum atomic E-state index is -0.638. The molecule has 2 atom stereocenters. The number of carbonyl (C=O) groups is 4. The van der Waals surface area contributed by atoms with Crippen LogP contribution in [0.4, 0.5) is 21.8 Å². The predicted octanol–water partition coefficient (Wildman–Crippen LogP) is 10.5. The summed E-state index contributed by atoms with van der Waals surface area (Å²) in [5.74, 6) is 0.153. The topological polar surface area (TPSA) is 137 Å². The highest BCUT2D eigenvalue weighted by Gasteiger charge is 2.36. The second kappa shape index (κ2) is 20.9. The second-order valence-corrected chi connectivity index (χ2v) is 19.9. The molecule has 2 aliphatic rings. The van der Waals surface area contributed by atoms with E-state index in [2.05, 4.69) is 70.6 Å². The van der Waals surface area contributed by atoms with Crippen LogP contribution < -0.4 is 25.2 Å². The molecule has 4 heterocycles. The Balaban J connectivity index is 0.882. The minimum absolute atomic E-state index is 0.0765. The number of allylic oxidation sites excluding steroid dienone is 1. The highest BCUT2D eigenvalue weighted by molar-refractivity contribution is 7.96. The Bertz CT molecular complexity index is 2780. The van der Waals surface area contributed by atoms with Crippen LogP contribution in [0.1, 0.15) is 89.4 Å². The number of piperidine rings is 2. The summed E-state index contributed by atoms with van der Waals surface area (Å²) in [7, 11) is 3.57. The van der Waals surface area contributed by atoms with Gasteiger partial charge in [0.1, 0.15) is 23.0 Å². The molecular formula is C52H57FN6O6S2. The number of anilines is 3. The molecule has 2 N–H and O–H groups in total. The van der Waals surface area contributed by atoms with Crippen LogP contribution in [0.25, 0.3) is 32.3 Å². The molecule has 1 amide bonds. The number of rotatable bonds is 19. The maximum absolute atomic E-state index is 15.3. The number of oxazole rings is 1. The first-order valence-electron chi connectivity index (χ1n) is 22.8. The van der Waals surface area contributed by atoms with E-state index in [1.807, 2.05) is 66.4 Å². The number of ether oxygens (including phenoxy) is 1. The molecular weight excluding hydrogens is 888 g/mol. The number of likely N-dealkylation sites (N-methyl/N-ethyl adjacent to an activating group) is 2. The number of nitrogens with zero attached hydrogens (tertiary/aromatic N) is 4. The van der Waals surface area contributed by atoms with Crippen LogP contribution in [0.2, 0.25) is 0 Å². The van der Waals surface area contributed by atoms with Gasteiger partial charge in [0.2, 0.25) is 5.91 Å². The van der Waals surface area contributed by atoms with Gasteiger partial charge in [-0.2, -0.15) is 4.98 Å². The molecule has 2 unspecified atom stereocenters. The number of fused-ring (bicyclic) bond motifs is 2. The Morgan fingerprint density at radius 2 is 1.87 bits per heavy atom. The third-order valence-corrected chi connectivity index (χ3v) is 15.7. The molecule has 67 heavy (non-hydrogen) atoms. The van der Waals surface area contributed by atoms with Gasteiger partial charge in [-0.1, -0.05) is 60.5 Å². The molecule has 350 valence electrons. The number of aromatic nitrogens is 1. The van der Waals surface area contributed by atoms with Crippen LogP contribution in [0.5, 0.6) is 5.75 Å². The van der Waals surface area contributed by atoms with Crippen LogP contribution in [0.15, 0.2) is 89.9 Å². The predicted molar refractivity (Wildman–Crippen MR) is 269 cm³/mol. The molecule has 0 spiro atoms. The van der Waals surface area contributed by atoms with Gasteiger partial charge in [-0.25, -0.2) is 8.70 Å². The number of amides is 1. The maximum atomic E-state index is 15.3. The van der Waals surface area contributed by atoms with Gasteiger partial charge in [0.25, 0.3) is 6.01 Å². The zero-order valence-electron chi connectivity index (χ0n) is 38.4. The van der Waals surface area contributed by atoms with E-state index in [4.69, 9.17) is 14.1 Å². The standard InChI is InChI=1S/C52H57FN6O6S2/c1-6-7-14-43(50(63)54-4)57(5)42-18-16-39(40-13-9-11-36(30-61)46(40)42)34-19-22-58(23-20-34)51-56-41-17-15-33(27-44(41)65-51)32-66-59-24-21-38(29-52(59,2)3)55-37-12-8-10-35(28-37)49-47(53)48(64-26-25-60)45(31-62)67-49/h6,8-13,15-18,25,27-28,30-31,34,38,43,55H,1,7,14,19-24,26,29,32H2,2-5H3,(H,54,63). The number of thiophene rings is 1. The number of halogens is 1. The Hall–Kier alpha value is -6.03. The summed E-state index contributed by atoms with van der Waals surface area (Å²) in [5.41, 5.74) is 6.80. The lowest BCUT2D eigenvalue weighted by Gasteiger charge is -2.45. The van der Waals surface area contributed by atoms with E-state index >= 15 is 4.39 Å². The summed E-state index contributed by atoms with van der Waals surface area (Å²) < 4.78 is 29.4. The first-order valence-corrected chi connectivity index (χ1v) is 24.5. The zero-order chi connectivity index (χ0) is 47.2. The summed E-state index contributed by atoms with van der Waals surface area (Å²) in [4.78, 5) is 57.4. The van der Waals surface area contributed by atoms with E-state index in [9.17, 15) is 19.2 Å². The largest absolute Gasteiger partial charge is 0.481 e. The SMILES string of the molecule is C=CCCC(C(=O)NC)N(C)c1ccc(C2CCN(c3nc4ccc(CSN5CCC(Nc6cccc(-c7sc(C=O)c(OCC=O)c7F)c6)CC5(C)C)cc4o3)CC2)c2cccc(C=O)c12. The highest BCUT2D eigenvalue weighted by atomic mass is 32.2. The lowest BCUT2D eigenvalue weighted by molar-refractivity contribution is -0.122. The number of benzene rings is 4. The molecule has 4 aromatic carbocycles. The summed E-state index contributed by atoms with van der Waals surface area (Å²) in [6.45, 7) is 10.5. The van der Waals surface area contributed by atoms with Crippen molar-refractivity contribution in [2.24, 2.45) is 0 Å². The first kappa shape index (κ1) is 47.5. The summed E-state index contributed by atoms with van der Waals surface area (Å²) in [6, 6.07) is 24.3.